The number of ether oxygens (including phenoxy) is 1. The van der Waals surface area contributed by atoms with Gasteiger partial charge in [0.2, 0.25) is 0 Å². The third-order valence-corrected chi connectivity index (χ3v) is 2.74. The molecule has 0 amide bonds. The minimum Gasteiger partial charge on any atom is -0.423 e. The predicted octanol–water partition coefficient (Wildman–Crippen LogP) is 2.02. The zero-order valence-corrected chi connectivity index (χ0v) is 10.7. The Bertz CT molecular complexity index is 740. The minimum atomic E-state index is -0.551. The molecule has 3 aromatic rings. The Morgan fingerprint density at radius 1 is 1.05 bits per heavy atom. The number of hydrogen-bond acceptors (Lipinski definition) is 5. The van der Waals surface area contributed by atoms with E-state index in [1.54, 1.807) is 24.3 Å². The maximum absolute atomic E-state index is 12.8. The van der Waals surface area contributed by atoms with Crippen molar-refractivity contribution in [2.45, 2.75) is 0 Å². The number of nitrogens with zero attached hydrogens (tertiary/aromatic N) is 4. The van der Waals surface area contributed by atoms with Crippen molar-refractivity contribution < 1.29 is 13.9 Å². The van der Waals surface area contributed by atoms with Crippen molar-refractivity contribution in [3.63, 3.8) is 0 Å². The Kier molecular flexibility index (Phi) is 3.38. The van der Waals surface area contributed by atoms with Crippen molar-refractivity contribution in [1.29, 1.82) is 0 Å². The summed E-state index contributed by atoms with van der Waals surface area (Å²) in [5.74, 6) is -0.580. The molecule has 104 valence electrons. The highest BCUT2D eigenvalue weighted by molar-refractivity contribution is 5.90. The third kappa shape index (κ3) is 2.92. The van der Waals surface area contributed by atoms with E-state index < -0.39 is 11.8 Å². The fourth-order valence-electron chi connectivity index (χ4n) is 1.70. The van der Waals surface area contributed by atoms with Crippen molar-refractivity contribution in [2.75, 3.05) is 0 Å². The van der Waals surface area contributed by atoms with E-state index >= 15 is 0 Å². The van der Waals surface area contributed by atoms with Crippen LogP contribution in [0.25, 0.3) is 5.69 Å². The van der Waals surface area contributed by atoms with E-state index in [2.05, 4.69) is 15.5 Å². The van der Waals surface area contributed by atoms with Gasteiger partial charge in [-0.2, -0.15) is 0 Å². The normalized spacial score (nSPS) is 10.3. The van der Waals surface area contributed by atoms with Gasteiger partial charge < -0.3 is 4.74 Å². The van der Waals surface area contributed by atoms with E-state index in [0.717, 1.165) is 5.69 Å². The molecule has 0 fully saturated rings. The van der Waals surface area contributed by atoms with Crippen LogP contribution in [-0.4, -0.2) is 26.2 Å². The zero-order valence-electron chi connectivity index (χ0n) is 10.7. The van der Waals surface area contributed by atoms with E-state index in [1.807, 2.05) is 0 Å². The standard InChI is InChI=1S/C14H9FN4O2/c15-11-3-1-10(2-4-11)14(20)21-13-7-5-12(6-8-13)19-9-16-17-18-19/h1-9H. The average molecular weight is 284 g/mol. The van der Waals surface area contributed by atoms with Crippen LogP contribution in [0.1, 0.15) is 10.4 Å². The summed E-state index contributed by atoms with van der Waals surface area (Å²) >= 11 is 0. The Labute approximate surface area is 118 Å². The van der Waals surface area contributed by atoms with Crippen molar-refractivity contribution in [3.8, 4) is 11.4 Å². The largest absolute Gasteiger partial charge is 0.423 e. The molecule has 6 nitrogen and oxygen atoms in total. The lowest BCUT2D eigenvalue weighted by Crippen LogP contribution is -2.08. The summed E-state index contributed by atoms with van der Waals surface area (Å²) in [6, 6.07) is 11.8. The first kappa shape index (κ1) is 12.9. The van der Waals surface area contributed by atoms with Gasteiger partial charge in [-0.25, -0.2) is 13.9 Å². The second kappa shape index (κ2) is 5.49. The van der Waals surface area contributed by atoms with Gasteiger partial charge in [0.05, 0.1) is 11.3 Å². The molecule has 0 aliphatic rings. The first-order chi connectivity index (χ1) is 10.2. The molecule has 3 rings (SSSR count). The molecule has 0 spiro atoms. The molecule has 0 saturated carbocycles. The molecule has 0 radical (unpaired) electrons. The van der Waals surface area contributed by atoms with E-state index in [-0.39, 0.29) is 5.56 Å². The number of esters is 1. The van der Waals surface area contributed by atoms with Crippen LogP contribution in [0.4, 0.5) is 4.39 Å². The second-order valence-electron chi connectivity index (χ2n) is 4.14. The number of rotatable bonds is 3. The molecule has 0 aliphatic carbocycles. The van der Waals surface area contributed by atoms with Gasteiger partial charge in [0.15, 0.2) is 0 Å². The Balaban J connectivity index is 1.73. The summed E-state index contributed by atoms with van der Waals surface area (Å²) in [6.45, 7) is 0. The topological polar surface area (TPSA) is 69.9 Å². The summed E-state index contributed by atoms with van der Waals surface area (Å²) in [7, 11) is 0. The monoisotopic (exact) mass is 284 g/mol. The van der Waals surface area contributed by atoms with E-state index in [1.165, 1.54) is 35.3 Å². The van der Waals surface area contributed by atoms with Crippen LogP contribution in [-0.2, 0) is 0 Å². The highest BCUT2D eigenvalue weighted by Gasteiger charge is 2.08. The fraction of sp³-hybridized carbons (Fsp3) is 0. The Morgan fingerprint density at radius 3 is 2.38 bits per heavy atom. The lowest BCUT2D eigenvalue weighted by atomic mass is 10.2. The van der Waals surface area contributed by atoms with Crippen LogP contribution < -0.4 is 4.74 Å². The van der Waals surface area contributed by atoms with Crippen molar-refractivity contribution >= 4 is 5.97 Å². The molecule has 0 saturated heterocycles. The van der Waals surface area contributed by atoms with Crippen molar-refractivity contribution in [2.24, 2.45) is 0 Å². The van der Waals surface area contributed by atoms with Gasteiger partial charge in [0.1, 0.15) is 17.9 Å². The number of aromatic nitrogens is 4. The molecule has 7 heteroatoms. The lowest BCUT2D eigenvalue weighted by Gasteiger charge is -2.05. The molecule has 0 bridgehead atoms. The lowest BCUT2D eigenvalue weighted by molar-refractivity contribution is 0.0734. The Morgan fingerprint density at radius 2 is 1.76 bits per heavy atom. The zero-order chi connectivity index (χ0) is 14.7. The van der Waals surface area contributed by atoms with Crippen LogP contribution >= 0.6 is 0 Å². The van der Waals surface area contributed by atoms with Gasteiger partial charge in [-0.15, -0.1) is 5.10 Å². The smallest absolute Gasteiger partial charge is 0.343 e. The Hall–Kier alpha value is -3.09. The first-order valence-electron chi connectivity index (χ1n) is 6.03. The fourth-order valence-corrected chi connectivity index (χ4v) is 1.70. The molecule has 0 aliphatic heterocycles. The molecule has 21 heavy (non-hydrogen) atoms. The summed E-state index contributed by atoms with van der Waals surface area (Å²) in [6.07, 6.45) is 1.46. The van der Waals surface area contributed by atoms with Gasteiger partial charge in [-0.3, -0.25) is 0 Å². The number of tetrazole rings is 1. The SMILES string of the molecule is O=C(Oc1ccc(-n2cnnn2)cc1)c1ccc(F)cc1. The number of halogens is 1. The van der Waals surface area contributed by atoms with Crippen molar-refractivity contribution in [3.05, 3.63) is 66.2 Å². The van der Waals surface area contributed by atoms with E-state index in [9.17, 15) is 9.18 Å². The molecule has 2 aromatic carbocycles. The summed E-state index contributed by atoms with van der Waals surface area (Å²) in [4.78, 5) is 11.9. The van der Waals surface area contributed by atoms with Crippen LogP contribution in [0.15, 0.2) is 54.9 Å². The van der Waals surface area contributed by atoms with Gasteiger partial charge >= 0.3 is 5.97 Å². The molecule has 0 atom stereocenters. The molecular formula is C14H9FN4O2. The van der Waals surface area contributed by atoms with Crippen LogP contribution in [0.5, 0.6) is 5.75 Å². The second-order valence-corrected chi connectivity index (χ2v) is 4.14. The predicted molar refractivity (Wildman–Crippen MR) is 70.5 cm³/mol. The number of carbonyl (C=O) groups excluding carboxylic acids is 1. The molecule has 0 N–H and O–H groups in total. The molecule has 0 unspecified atom stereocenters. The van der Waals surface area contributed by atoms with E-state index in [0.29, 0.717) is 5.75 Å². The van der Waals surface area contributed by atoms with Gasteiger partial charge in [-0.05, 0) is 59.0 Å². The van der Waals surface area contributed by atoms with Crippen molar-refractivity contribution in [1.82, 2.24) is 20.2 Å². The van der Waals surface area contributed by atoms with Crippen LogP contribution in [0.3, 0.4) is 0 Å². The van der Waals surface area contributed by atoms with Gasteiger partial charge in [0.25, 0.3) is 0 Å². The maximum Gasteiger partial charge on any atom is 0.343 e. The molecular weight excluding hydrogens is 275 g/mol. The van der Waals surface area contributed by atoms with Gasteiger partial charge in [-0.1, -0.05) is 0 Å². The average Bonchev–Trinajstić information content (AvgIpc) is 3.03. The third-order valence-electron chi connectivity index (χ3n) is 2.74. The number of benzene rings is 2. The quantitative estimate of drug-likeness (QED) is 0.543. The highest BCUT2D eigenvalue weighted by Crippen LogP contribution is 2.16. The summed E-state index contributed by atoms with van der Waals surface area (Å²) < 4.78 is 19.5. The number of carbonyl (C=O) groups is 1. The maximum atomic E-state index is 12.8. The van der Waals surface area contributed by atoms with Crippen LogP contribution in [0.2, 0.25) is 0 Å². The minimum absolute atomic E-state index is 0.279. The number of hydrogen-bond donors (Lipinski definition) is 0. The van der Waals surface area contributed by atoms with E-state index in [4.69, 9.17) is 4.74 Å². The summed E-state index contributed by atoms with van der Waals surface area (Å²) in [5.41, 5.74) is 1.02. The molecule has 1 heterocycles. The summed E-state index contributed by atoms with van der Waals surface area (Å²) in [5, 5.41) is 10.8. The first-order valence-corrected chi connectivity index (χ1v) is 6.03. The molecule has 1 aromatic heterocycles. The van der Waals surface area contributed by atoms with Gasteiger partial charge in [0, 0.05) is 0 Å². The highest BCUT2D eigenvalue weighted by atomic mass is 19.1. The van der Waals surface area contributed by atoms with Crippen LogP contribution in [0, 0.1) is 5.82 Å².